The van der Waals surface area contributed by atoms with E-state index in [-0.39, 0.29) is 0 Å². The van der Waals surface area contributed by atoms with Crippen molar-refractivity contribution in [3.63, 3.8) is 0 Å². The van der Waals surface area contributed by atoms with E-state index >= 15 is 0 Å². The lowest BCUT2D eigenvalue weighted by molar-refractivity contribution is 0.542. The molecule has 224 valence electrons. The average molecular weight is 554 g/mol. The SMILES string of the molecule is CCCCCCCCCCCCCCC[Si](C)(C)N[Si](C)(C)CCCCCCCCCCCCCCC. The molecule has 0 aliphatic carbocycles. The van der Waals surface area contributed by atoms with Crippen LogP contribution in [-0.2, 0) is 0 Å². The Morgan fingerprint density at radius 1 is 0.297 bits per heavy atom. The molecule has 0 aliphatic rings. The number of hydrogen-bond donors (Lipinski definition) is 1. The van der Waals surface area contributed by atoms with Crippen molar-refractivity contribution >= 4 is 16.5 Å². The smallest absolute Gasteiger partial charge is 0.112 e. The highest BCUT2D eigenvalue weighted by molar-refractivity contribution is 6.91. The van der Waals surface area contributed by atoms with E-state index in [0.717, 1.165) is 0 Å². The maximum atomic E-state index is 4.30. The molecule has 0 saturated heterocycles. The highest BCUT2D eigenvalue weighted by Gasteiger charge is 2.30. The Bertz CT molecular complexity index is 409. The second-order valence-electron chi connectivity index (χ2n) is 13.9. The molecule has 0 amide bonds. The van der Waals surface area contributed by atoms with Crippen molar-refractivity contribution in [2.75, 3.05) is 0 Å². The lowest BCUT2D eigenvalue weighted by Gasteiger charge is -2.35. The van der Waals surface area contributed by atoms with Gasteiger partial charge in [-0.15, -0.1) is 0 Å². The predicted molar refractivity (Wildman–Crippen MR) is 179 cm³/mol. The summed E-state index contributed by atoms with van der Waals surface area (Å²) in [7, 11) is -2.46. The minimum Gasteiger partial charge on any atom is -0.359 e. The fraction of sp³-hybridized carbons (Fsp3) is 1.00. The number of rotatable bonds is 30. The van der Waals surface area contributed by atoms with Gasteiger partial charge in [0.05, 0.1) is 0 Å². The molecule has 0 aliphatic heterocycles. The van der Waals surface area contributed by atoms with E-state index in [9.17, 15) is 0 Å². The van der Waals surface area contributed by atoms with Gasteiger partial charge in [-0.25, -0.2) is 0 Å². The van der Waals surface area contributed by atoms with Crippen LogP contribution in [0.25, 0.3) is 0 Å². The first-order valence-electron chi connectivity index (χ1n) is 17.6. The first-order chi connectivity index (χ1) is 17.8. The molecule has 0 radical (unpaired) electrons. The van der Waals surface area contributed by atoms with Gasteiger partial charge in [-0.3, -0.25) is 0 Å². The molecule has 0 atom stereocenters. The highest BCUT2D eigenvalue weighted by atomic mass is 28.4. The van der Waals surface area contributed by atoms with E-state index in [0.29, 0.717) is 0 Å². The largest absolute Gasteiger partial charge is 0.359 e. The summed E-state index contributed by atoms with van der Waals surface area (Å²) in [4.78, 5) is 0. The monoisotopic (exact) mass is 554 g/mol. The molecule has 37 heavy (non-hydrogen) atoms. The van der Waals surface area contributed by atoms with Crippen LogP contribution in [0.1, 0.15) is 181 Å². The van der Waals surface area contributed by atoms with Gasteiger partial charge in [-0.05, 0) is 12.1 Å². The van der Waals surface area contributed by atoms with E-state index in [1.807, 2.05) is 0 Å². The van der Waals surface area contributed by atoms with Gasteiger partial charge in [0.15, 0.2) is 0 Å². The van der Waals surface area contributed by atoms with Crippen LogP contribution in [-0.4, -0.2) is 16.5 Å². The molecule has 1 N–H and O–H groups in total. The summed E-state index contributed by atoms with van der Waals surface area (Å²) < 4.78 is 4.30. The molecular weight excluding hydrogens is 479 g/mol. The Balaban J connectivity index is 3.57. The van der Waals surface area contributed by atoms with Crippen molar-refractivity contribution in [1.82, 2.24) is 4.65 Å². The van der Waals surface area contributed by atoms with Crippen molar-refractivity contribution < 1.29 is 0 Å². The van der Waals surface area contributed by atoms with Gasteiger partial charge in [0.25, 0.3) is 0 Å². The Morgan fingerprint density at radius 3 is 0.703 bits per heavy atom. The minimum absolute atomic E-state index is 1.23. The van der Waals surface area contributed by atoms with Crippen LogP contribution in [0.15, 0.2) is 0 Å². The van der Waals surface area contributed by atoms with Crippen molar-refractivity contribution in [3.05, 3.63) is 0 Å². The van der Waals surface area contributed by atoms with E-state index in [2.05, 4.69) is 44.7 Å². The molecule has 0 unspecified atom stereocenters. The molecule has 0 heterocycles. The maximum absolute atomic E-state index is 4.30. The molecule has 0 spiro atoms. The van der Waals surface area contributed by atoms with Crippen molar-refractivity contribution in [2.24, 2.45) is 0 Å². The van der Waals surface area contributed by atoms with Crippen LogP contribution < -0.4 is 4.65 Å². The molecule has 0 saturated carbocycles. The minimum atomic E-state index is -1.23. The van der Waals surface area contributed by atoms with E-state index in [1.165, 1.54) is 179 Å². The summed E-state index contributed by atoms with van der Waals surface area (Å²) in [5.74, 6) is 0. The molecule has 0 aromatic rings. The molecular formula is C34H75NSi2. The molecule has 0 rings (SSSR count). The van der Waals surface area contributed by atoms with Crippen LogP contribution in [0.5, 0.6) is 0 Å². The second kappa shape index (κ2) is 26.6. The van der Waals surface area contributed by atoms with Gasteiger partial charge in [0, 0.05) is 0 Å². The lowest BCUT2D eigenvalue weighted by Crippen LogP contribution is -2.58. The Hall–Kier alpha value is 0.394. The first kappa shape index (κ1) is 37.4. The Kier molecular flexibility index (Phi) is 26.9. The zero-order chi connectivity index (χ0) is 27.5. The third-order valence-corrected chi connectivity index (χ3v) is 17.1. The standard InChI is InChI=1S/C34H75NSi2/c1-7-9-11-13-15-17-19-21-23-25-27-29-31-33-36(3,4)35-37(5,6)34-32-30-28-26-24-22-20-18-16-14-12-10-8-2/h35H,7-34H2,1-6H3. The van der Waals surface area contributed by atoms with Crippen LogP contribution in [0, 0.1) is 0 Å². The van der Waals surface area contributed by atoms with E-state index in [1.54, 1.807) is 0 Å². The van der Waals surface area contributed by atoms with Crippen LogP contribution >= 0.6 is 0 Å². The summed E-state index contributed by atoms with van der Waals surface area (Å²) in [6.07, 6.45) is 38.1. The molecule has 3 heteroatoms. The average Bonchev–Trinajstić information content (AvgIpc) is 2.84. The molecule has 0 aromatic heterocycles. The summed E-state index contributed by atoms with van der Waals surface area (Å²) in [5.41, 5.74) is 0. The normalized spacial score (nSPS) is 12.5. The molecule has 1 nitrogen and oxygen atoms in total. The van der Waals surface area contributed by atoms with Crippen molar-refractivity contribution in [2.45, 2.75) is 219 Å². The number of nitrogens with one attached hydrogen (secondary N) is 1. The second-order valence-corrected chi connectivity index (χ2v) is 23.4. The third kappa shape index (κ3) is 29.2. The number of hydrogen-bond acceptors (Lipinski definition) is 1. The highest BCUT2D eigenvalue weighted by Crippen LogP contribution is 2.21. The van der Waals surface area contributed by atoms with E-state index < -0.39 is 16.5 Å². The summed E-state index contributed by atoms with van der Waals surface area (Å²) in [6.45, 7) is 15.0. The Morgan fingerprint density at radius 2 is 0.486 bits per heavy atom. The quantitative estimate of drug-likeness (QED) is 0.0688. The van der Waals surface area contributed by atoms with Gasteiger partial charge in [-0.1, -0.05) is 207 Å². The van der Waals surface area contributed by atoms with E-state index in [4.69, 9.17) is 0 Å². The van der Waals surface area contributed by atoms with Crippen molar-refractivity contribution in [3.8, 4) is 0 Å². The Labute approximate surface area is 239 Å². The summed E-state index contributed by atoms with van der Waals surface area (Å²) in [6, 6.07) is 2.97. The van der Waals surface area contributed by atoms with Gasteiger partial charge >= 0.3 is 0 Å². The fourth-order valence-corrected chi connectivity index (χ4v) is 16.8. The topological polar surface area (TPSA) is 12.0 Å². The van der Waals surface area contributed by atoms with Gasteiger partial charge < -0.3 is 4.65 Å². The summed E-state index contributed by atoms with van der Waals surface area (Å²) >= 11 is 0. The maximum Gasteiger partial charge on any atom is 0.112 e. The molecule has 0 bridgehead atoms. The van der Waals surface area contributed by atoms with Gasteiger partial charge in [-0.2, -0.15) is 0 Å². The van der Waals surface area contributed by atoms with Crippen LogP contribution in [0.4, 0.5) is 0 Å². The molecule has 0 fully saturated rings. The van der Waals surface area contributed by atoms with Crippen molar-refractivity contribution in [1.29, 1.82) is 0 Å². The fourth-order valence-electron chi connectivity index (χ4n) is 6.21. The third-order valence-electron chi connectivity index (χ3n) is 8.49. The molecule has 0 aromatic carbocycles. The zero-order valence-corrected chi connectivity index (χ0v) is 29.3. The number of unbranched alkanes of at least 4 members (excludes halogenated alkanes) is 24. The van der Waals surface area contributed by atoms with Crippen LogP contribution in [0.2, 0.25) is 38.3 Å². The van der Waals surface area contributed by atoms with Crippen LogP contribution in [0.3, 0.4) is 0 Å². The van der Waals surface area contributed by atoms with Gasteiger partial charge in [0.2, 0.25) is 0 Å². The lowest BCUT2D eigenvalue weighted by atomic mass is 10.1. The predicted octanol–water partition coefficient (Wildman–Crippen LogP) is 13.2. The van der Waals surface area contributed by atoms with Gasteiger partial charge in [0.1, 0.15) is 16.5 Å². The zero-order valence-electron chi connectivity index (χ0n) is 27.3. The first-order valence-corrected chi connectivity index (χ1v) is 24.0. The summed E-state index contributed by atoms with van der Waals surface area (Å²) in [5, 5.41) is 0.